The molecular formula is C14H20O7S. The van der Waals surface area contributed by atoms with Gasteiger partial charge in [0, 0.05) is 11.8 Å². The zero-order chi connectivity index (χ0) is 15.5. The van der Waals surface area contributed by atoms with Crippen molar-refractivity contribution in [2.24, 2.45) is 17.3 Å². The van der Waals surface area contributed by atoms with E-state index in [1.807, 2.05) is 6.92 Å². The minimum atomic E-state index is -3.48. The molecular weight excluding hydrogens is 312 g/mol. The van der Waals surface area contributed by atoms with Crippen LogP contribution in [0.2, 0.25) is 0 Å². The van der Waals surface area contributed by atoms with Crippen molar-refractivity contribution in [3.8, 4) is 0 Å². The SMILES string of the molecule is CCC1(COC(=O)OC2C3CC4C2OS(=O)(=O)C4C3)COC1. The molecule has 2 saturated heterocycles. The molecule has 2 aliphatic heterocycles. The first-order chi connectivity index (χ1) is 10.4. The van der Waals surface area contributed by atoms with Crippen molar-refractivity contribution in [3.05, 3.63) is 0 Å². The predicted molar refractivity (Wildman–Crippen MR) is 73.6 cm³/mol. The number of carbonyl (C=O) groups excluding carboxylic acids is 1. The molecule has 0 N–H and O–H groups in total. The molecule has 7 nitrogen and oxygen atoms in total. The van der Waals surface area contributed by atoms with Crippen LogP contribution in [0, 0.1) is 17.3 Å². The highest BCUT2D eigenvalue weighted by molar-refractivity contribution is 7.87. The molecule has 4 fully saturated rings. The van der Waals surface area contributed by atoms with Crippen molar-refractivity contribution in [1.82, 2.24) is 0 Å². The monoisotopic (exact) mass is 332 g/mol. The van der Waals surface area contributed by atoms with Crippen molar-refractivity contribution in [2.45, 2.75) is 43.6 Å². The number of carbonyl (C=O) groups is 1. The van der Waals surface area contributed by atoms with Crippen LogP contribution in [0.3, 0.4) is 0 Å². The molecule has 2 saturated carbocycles. The Morgan fingerprint density at radius 3 is 2.73 bits per heavy atom. The number of hydrogen-bond acceptors (Lipinski definition) is 7. The molecule has 0 radical (unpaired) electrons. The first-order valence-corrected chi connectivity index (χ1v) is 9.24. The third-order valence-corrected chi connectivity index (χ3v) is 7.48. The van der Waals surface area contributed by atoms with Crippen molar-refractivity contribution >= 4 is 16.3 Å². The fourth-order valence-corrected chi connectivity index (χ4v) is 6.06. The van der Waals surface area contributed by atoms with E-state index in [-0.39, 0.29) is 23.9 Å². The van der Waals surface area contributed by atoms with Crippen LogP contribution in [0.25, 0.3) is 0 Å². The molecule has 5 atom stereocenters. The third kappa shape index (κ3) is 2.07. The summed E-state index contributed by atoms with van der Waals surface area (Å²) in [6, 6.07) is 0. The Hall–Kier alpha value is -0.860. The van der Waals surface area contributed by atoms with Gasteiger partial charge >= 0.3 is 6.16 Å². The second-order valence-electron chi connectivity index (χ2n) is 6.95. The lowest BCUT2D eigenvalue weighted by molar-refractivity contribution is -0.146. The van der Waals surface area contributed by atoms with E-state index in [2.05, 4.69) is 0 Å². The maximum absolute atomic E-state index is 11.9. The first kappa shape index (κ1) is 14.7. The van der Waals surface area contributed by atoms with Gasteiger partial charge in [-0.25, -0.2) is 4.79 Å². The first-order valence-electron chi connectivity index (χ1n) is 7.77. The largest absolute Gasteiger partial charge is 0.508 e. The fraction of sp³-hybridized carbons (Fsp3) is 0.929. The van der Waals surface area contributed by atoms with E-state index in [1.165, 1.54) is 0 Å². The Bertz CT molecular complexity index is 576. The third-order valence-electron chi connectivity index (χ3n) is 5.71. The number of hydrogen-bond donors (Lipinski definition) is 0. The number of rotatable bonds is 4. The van der Waals surface area contributed by atoms with E-state index in [0.29, 0.717) is 19.6 Å². The van der Waals surface area contributed by atoms with Crippen LogP contribution in [0.15, 0.2) is 0 Å². The van der Waals surface area contributed by atoms with Crippen LogP contribution < -0.4 is 0 Å². The summed E-state index contributed by atoms with van der Waals surface area (Å²) < 4.78 is 44.6. The molecule has 22 heavy (non-hydrogen) atoms. The van der Waals surface area contributed by atoms with E-state index in [9.17, 15) is 13.2 Å². The summed E-state index contributed by atoms with van der Waals surface area (Å²) in [4.78, 5) is 11.9. The zero-order valence-corrected chi connectivity index (χ0v) is 13.2. The fourth-order valence-electron chi connectivity index (χ4n) is 4.18. The summed E-state index contributed by atoms with van der Waals surface area (Å²) in [6.07, 6.45) is 0.393. The maximum Gasteiger partial charge on any atom is 0.508 e. The molecule has 0 aromatic carbocycles. The summed E-state index contributed by atoms with van der Waals surface area (Å²) in [5.41, 5.74) is -0.0913. The lowest BCUT2D eigenvalue weighted by atomic mass is 9.84. The second kappa shape index (κ2) is 4.82. The van der Waals surface area contributed by atoms with E-state index < -0.39 is 33.7 Å². The molecule has 4 aliphatic rings. The maximum atomic E-state index is 11.9. The summed E-state index contributed by atoms with van der Waals surface area (Å²) >= 11 is 0. The van der Waals surface area contributed by atoms with Crippen LogP contribution in [0.1, 0.15) is 26.2 Å². The molecule has 0 amide bonds. The highest BCUT2D eigenvalue weighted by Crippen LogP contribution is 2.55. The van der Waals surface area contributed by atoms with E-state index in [4.69, 9.17) is 18.4 Å². The van der Waals surface area contributed by atoms with E-state index in [0.717, 1.165) is 12.8 Å². The van der Waals surface area contributed by atoms with Crippen molar-refractivity contribution < 1.29 is 31.6 Å². The van der Waals surface area contributed by atoms with Gasteiger partial charge in [-0.1, -0.05) is 6.92 Å². The number of ether oxygens (including phenoxy) is 3. The van der Waals surface area contributed by atoms with Crippen molar-refractivity contribution in [2.75, 3.05) is 19.8 Å². The Balaban J connectivity index is 1.36. The van der Waals surface area contributed by atoms with Crippen LogP contribution in [-0.4, -0.2) is 51.9 Å². The zero-order valence-electron chi connectivity index (χ0n) is 12.4. The molecule has 0 aromatic rings. The average Bonchev–Trinajstić information content (AvgIpc) is 3.02. The van der Waals surface area contributed by atoms with Crippen LogP contribution >= 0.6 is 0 Å². The van der Waals surface area contributed by atoms with Gasteiger partial charge in [0.05, 0.1) is 23.9 Å². The van der Waals surface area contributed by atoms with Gasteiger partial charge in [-0.2, -0.15) is 8.42 Å². The van der Waals surface area contributed by atoms with Gasteiger partial charge in [0.15, 0.2) is 0 Å². The van der Waals surface area contributed by atoms with Gasteiger partial charge in [-0.05, 0) is 19.3 Å². The molecule has 2 heterocycles. The van der Waals surface area contributed by atoms with Crippen LogP contribution in [0.4, 0.5) is 4.79 Å². The van der Waals surface area contributed by atoms with Gasteiger partial charge < -0.3 is 14.2 Å². The lowest BCUT2D eigenvalue weighted by Gasteiger charge is -2.39. The molecule has 8 heteroatoms. The van der Waals surface area contributed by atoms with Gasteiger partial charge in [0.2, 0.25) is 0 Å². The molecule has 2 bridgehead atoms. The Kier molecular flexibility index (Phi) is 3.22. The predicted octanol–water partition coefficient (Wildman–Crippen LogP) is 1.07. The van der Waals surface area contributed by atoms with E-state index in [1.54, 1.807) is 0 Å². The summed E-state index contributed by atoms with van der Waals surface area (Å²) in [5, 5.41) is -0.408. The minimum Gasteiger partial charge on any atom is -0.434 e. The highest BCUT2D eigenvalue weighted by Gasteiger charge is 2.65. The van der Waals surface area contributed by atoms with Gasteiger partial charge in [0.25, 0.3) is 10.1 Å². The Labute approximate surface area is 129 Å². The quantitative estimate of drug-likeness (QED) is 0.562. The topological polar surface area (TPSA) is 88.1 Å². The highest BCUT2D eigenvalue weighted by atomic mass is 32.2. The lowest BCUT2D eigenvalue weighted by Crippen LogP contribution is -2.46. The normalized spacial score (nSPS) is 42.9. The van der Waals surface area contributed by atoms with E-state index >= 15 is 0 Å². The van der Waals surface area contributed by atoms with Crippen LogP contribution in [-0.2, 0) is 28.5 Å². The average molecular weight is 332 g/mol. The molecule has 2 aliphatic carbocycles. The van der Waals surface area contributed by atoms with Gasteiger partial charge in [0.1, 0.15) is 18.8 Å². The van der Waals surface area contributed by atoms with Gasteiger partial charge in [-0.3, -0.25) is 4.18 Å². The summed E-state index contributed by atoms with van der Waals surface area (Å²) in [7, 11) is -3.48. The van der Waals surface area contributed by atoms with Gasteiger partial charge in [-0.15, -0.1) is 0 Å². The smallest absolute Gasteiger partial charge is 0.434 e. The van der Waals surface area contributed by atoms with Crippen molar-refractivity contribution in [3.63, 3.8) is 0 Å². The molecule has 124 valence electrons. The summed E-state index contributed by atoms with van der Waals surface area (Å²) in [6.45, 7) is 3.49. The summed E-state index contributed by atoms with van der Waals surface area (Å²) in [5.74, 6) is 0.0341. The van der Waals surface area contributed by atoms with Crippen molar-refractivity contribution in [1.29, 1.82) is 0 Å². The minimum absolute atomic E-state index is 0.0326. The standard InChI is InChI=1S/C14H20O7S/c1-2-14(5-18-6-14)7-19-13(15)20-11-8-3-9-10(4-8)22(16,17)21-12(9)11/h8-12H,2-7H2,1H3. The molecule has 0 spiro atoms. The number of fused-ring (bicyclic) bond motifs is 1. The Morgan fingerprint density at radius 2 is 2.09 bits per heavy atom. The van der Waals surface area contributed by atoms with Crippen LogP contribution in [0.5, 0.6) is 0 Å². The Morgan fingerprint density at radius 1 is 1.32 bits per heavy atom. The molecule has 4 rings (SSSR count). The molecule has 0 aromatic heterocycles. The second-order valence-corrected chi connectivity index (χ2v) is 8.74. The molecule has 5 unspecified atom stereocenters.